The van der Waals surface area contributed by atoms with Crippen molar-refractivity contribution in [1.29, 1.82) is 0 Å². The normalized spacial score (nSPS) is 16.1. The lowest BCUT2D eigenvalue weighted by Gasteiger charge is -2.42. The van der Waals surface area contributed by atoms with Gasteiger partial charge in [-0.05, 0) is 25.0 Å². The minimum absolute atomic E-state index is 0.0803. The highest BCUT2D eigenvalue weighted by Crippen LogP contribution is 2.28. The molecule has 0 atom stereocenters. The number of primary amides is 1. The Balaban J connectivity index is 1.54. The molecule has 0 aliphatic heterocycles. The largest absolute Gasteiger partial charge is 0.465 e. The van der Waals surface area contributed by atoms with Gasteiger partial charge in [0, 0.05) is 41.7 Å². The van der Waals surface area contributed by atoms with E-state index < -0.39 is 59.7 Å². The van der Waals surface area contributed by atoms with E-state index in [4.69, 9.17) is 22.4 Å². The molecule has 0 spiro atoms. The van der Waals surface area contributed by atoms with Gasteiger partial charge in [0.1, 0.15) is 12.4 Å². The van der Waals surface area contributed by atoms with Gasteiger partial charge in [0.15, 0.2) is 5.69 Å². The fourth-order valence-electron chi connectivity index (χ4n) is 4.45. The van der Waals surface area contributed by atoms with Gasteiger partial charge in [0.05, 0.1) is 22.0 Å². The molecule has 0 saturated heterocycles. The van der Waals surface area contributed by atoms with E-state index >= 15 is 0 Å². The average Bonchev–Trinajstić information content (AvgIpc) is 3.23. The van der Waals surface area contributed by atoms with Crippen LogP contribution in [0.1, 0.15) is 28.9 Å². The van der Waals surface area contributed by atoms with Crippen LogP contribution in [-0.2, 0) is 22.7 Å². The van der Waals surface area contributed by atoms with Crippen molar-refractivity contribution in [1.82, 2.24) is 25.3 Å². The number of fused-ring (bicyclic) bond motifs is 1. The number of hydrogen-bond donors (Lipinski definition) is 4. The molecule has 0 unspecified atom stereocenters. The van der Waals surface area contributed by atoms with E-state index in [-0.39, 0.29) is 52.3 Å². The number of nitrogens with one attached hydrogen (secondary N) is 2. The van der Waals surface area contributed by atoms with Crippen LogP contribution >= 0.6 is 11.6 Å². The summed E-state index contributed by atoms with van der Waals surface area (Å²) in [5.74, 6) is -2.85. The van der Waals surface area contributed by atoms with E-state index in [1.165, 1.54) is 35.2 Å². The third-order valence-corrected chi connectivity index (χ3v) is 6.78. The third-order valence-electron chi connectivity index (χ3n) is 6.49. The van der Waals surface area contributed by atoms with Crippen LogP contribution in [0.4, 0.5) is 14.9 Å². The Hall–Kier alpha value is -4.79. The van der Waals surface area contributed by atoms with Crippen LogP contribution < -0.4 is 16.4 Å². The number of rotatable bonds is 10. The van der Waals surface area contributed by atoms with Crippen LogP contribution in [0, 0.1) is 15.9 Å². The van der Waals surface area contributed by atoms with Crippen molar-refractivity contribution < 1.29 is 33.6 Å². The standard InChI is InChI=1S/C24H23ClFN7O7/c25-17-3-1-2-12(21(17)26)9-28-19(34)10-31(15-6-13(7-15)29-24(37)38)20(35)11-32-18-5-4-14(33(39)40)8-16(18)22(30-32)23(27)36/h1-5,8,13,15,29H,6-7,9-11H2,(H2,27,36)(H,28,34)(H,37,38). The topological polar surface area (TPSA) is 203 Å². The molecule has 1 heterocycles. The van der Waals surface area contributed by atoms with Crippen LogP contribution in [0.5, 0.6) is 0 Å². The van der Waals surface area contributed by atoms with Crippen molar-refractivity contribution in [3.8, 4) is 0 Å². The van der Waals surface area contributed by atoms with Crippen molar-refractivity contribution in [2.75, 3.05) is 6.54 Å². The van der Waals surface area contributed by atoms with E-state index in [0.29, 0.717) is 0 Å². The van der Waals surface area contributed by atoms with Crippen molar-refractivity contribution in [3.63, 3.8) is 0 Å². The first kappa shape index (κ1) is 28.2. The van der Waals surface area contributed by atoms with E-state index in [1.54, 1.807) is 0 Å². The minimum Gasteiger partial charge on any atom is -0.465 e. The number of nitro groups is 1. The average molecular weight is 576 g/mol. The highest BCUT2D eigenvalue weighted by Gasteiger charge is 2.38. The van der Waals surface area contributed by atoms with Gasteiger partial charge in [-0.3, -0.25) is 29.2 Å². The molecule has 4 rings (SSSR count). The lowest BCUT2D eigenvalue weighted by molar-refractivity contribution is -0.384. The summed E-state index contributed by atoms with van der Waals surface area (Å²) in [6.07, 6.45) is -0.738. The maximum absolute atomic E-state index is 14.2. The van der Waals surface area contributed by atoms with Gasteiger partial charge in [0.25, 0.3) is 11.6 Å². The lowest BCUT2D eigenvalue weighted by Crippen LogP contribution is -2.57. The fourth-order valence-corrected chi connectivity index (χ4v) is 4.64. The zero-order valence-electron chi connectivity index (χ0n) is 20.7. The van der Waals surface area contributed by atoms with Crippen molar-refractivity contribution in [2.24, 2.45) is 5.73 Å². The Morgan fingerprint density at radius 2 is 1.98 bits per heavy atom. The highest BCUT2D eigenvalue weighted by molar-refractivity contribution is 6.30. The number of nitrogens with zero attached hydrogens (tertiary/aromatic N) is 4. The number of carboxylic acid groups (broad SMARTS) is 1. The molecule has 0 radical (unpaired) electrons. The number of nitro benzene ring substituents is 1. The maximum atomic E-state index is 14.2. The first-order valence-electron chi connectivity index (χ1n) is 11.9. The summed E-state index contributed by atoms with van der Waals surface area (Å²) < 4.78 is 15.3. The molecule has 0 bridgehead atoms. The van der Waals surface area contributed by atoms with Crippen LogP contribution in [0.3, 0.4) is 0 Å². The lowest BCUT2D eigenvalue weighted by atomic mass is 9.85. The van der Waals surface area contributed by atoms with Crippen molar-refractivity contribution in [3.05, 3.63) is 68.6 Å². The summed E-state index contributed by atoms with van der Waals surface area (Å²) in [5.41, 5.74) is 5.19. The first-order valence-corrected chi connectivity index (χ1v) is 12.3. The van der Waals surface area contributed by atoms with Gasteiger partial charge in [-0.2, -0.15) is 5.10 Å². The molecule has 5 N–H and O–H groups in total. The third kappa shape index (κ3) is 6.09. The fraction of sp³-hybridized carbons (Fsp3) is 0.292. The van der Waals surface area contributed by atoms with Crippen LogP contribution in [0.2, 0.25) is 5.02 Å². The predicted octanol–water partition coefficient (Wildman–Crippen LogP) is 1.78. The van der Waals surface area contributed by atoms with Crippen LogP contribution in [-0.4, -0.2) is 67.2 Å². The number of aromatic nitrogens is 2. The summed E-state index contributed by atoms with van der Waals surface area (Å²) in [4.78, 5) is 60.9. The molecule has 1 aromatic heterocycles. The number of amides is 4. The number of non-ortho nitro benzene ring substituents is 1. The maximum Gasteiger partial charge on any atom is 0.404 e. The summed E-state index contributed by atoms with van der Waals surface area (Å²) in [6.45, 7) is -1.07. The molecular formula is C24H23ClFN7O7. The van der Waals surface area contributed by atoms with E-state index in [2.05, 4.69) is 15.7 Å². The van der Waals surface area contributed by atoms with E-state index in [9.17, 15) is 33.7 Å². The molecule has 1 fully saturated rings. The molecule has 1 aliphatic rings. The molecule has 1 aliphatic carbocycles. The summed E-state index contributed by atoms with van der Waals surface area (Å²) >= 11 is 5.78. The molecule has 14 nitrogen and oxygen atoms in total. The van der Waals surface area contributed by atoms with Gasteiger partial charge in [-0.15, -0.1) is 0 Å². The first-order chi connectivity index (χ1) is 18.9. The number of nitrogens with two attached hydrogens (primary N) is 1. The minimum atomic E-state index is -1.22. The van der Waals surface area contributed by atoms with Gasteiger partial charge in [-0.25, -0.2) is 9.18 Å². The Morgan fingerprint density at radius 3 is 2.62 bits per heavy atom. The number of hydrogen-bond acceptors (Lipinski definition) is 7. The van der Waals surface area contributed by atoms with E-state index in [1.807, 2.05) is 0 Å². The number of carbonyl (C=O) groups is 4. The molecule has 2 aromatic carbocycles. The molecule has 210 valence electrons. The molecular weight excluding hydrogens is 553 g/mol. The quantitative estimate of drug-likeness (QED) is 0.207. The molecule has 16 heteroatoms. The summed E-state index contributed by atoms with van der Waals surface area (Å²) in [6, 6.07) is 7.04. The predicted molar refractivity (Wildman–Crippen MR) is 138 cm³/mol. The Labute approximate surface area is 230 Å². The highest BCUT2D eigenvalue weighted by atomic mass is 35.5. The van der Waals surface area contributed by atoms with Crippen LogP contribution in [0.25, 0.3) is 10.9 Å². The summed E-state index contributed by atoms with van der Waals surface area (Å²) in [5, 5.41) is 29.0. The second-order valence-electron chi connectivity index (χ2n) is 9.11. The SMILES string of the molecule is NC(=O)c1nn(CC(=O)N(CC(=O)NCc2cccc(Cl)c2F)C2CC(NC(=O)O)C2)c2ccc([N+](=O)[O-])cc12. The zero-order chi connectivity index (χ0) is 29.1. The van der Waals surface area contributed by atoms with E-state index in [0.717, 1.165) is 10.7 Å². The number of halogens is 2. The Kier molecular flexibility index (Phi) is 8.13. The van der Waals surface area contributed by atoms with Crippen LogP contribution in [0.15, 0.2) is 36.4 Å². The molecule has 4 amide bonds. The molecule has 40 heavy (non-hydrogen) atoms. The van der Waals surface area contributed by atoms with Crippen molar-refractivity contribution >= 4 is 52.0 Å². The van der Waals surface area contributed by atoms with Gasteiger partial charge in [0.2, 0.25) is 11.8 Å². The molecule has 1 saturated carbocycles. The second kappa shape index (κ2) is 11.5. The zero-order valence-corrected chi connectivity index (χ0v) is 21.4. The number of benzene rings is 2. The Morgan fingerprint density at radius 1 is 1.25 bits per heavy atom. The number of carbonyl (C=O) groups excluding carboxylic acids is 3. The summed E-state index contributed by atoms with van der Waals surface area (Å²) in [7, 11) is 0. The Bertz CT molecular complexity index is 1520. The second-order valence-corrected chi connectivity index (χ2v) is 9.52. The monoisotopic (exact) mass is 575 g/mol. The smallest absolute Gasteiger partial charge is 0.404 e. The van der Waals surface area contributed by atoms with Gasteiger partial charge in [-0.1, -0.05) is 23.7 Å². The van der Waals surface area contributed by atoms with Gasteiger partial charge >= 0.3 is 6.09 Å². The van der Waals surface area contributed by atoms with Crippen molar-refractivity contribution in [2.45, 2.75) is 38.0 Å². The van der Waals surface area contributed by atoms with Gasteiger partial charge < -0.3 is 26.4 Å². The molecule has 3 aromatic rings.